The molecule has 2 N–H and O–H groups in total. The standard InChI is InChI=1S/C24H29N3O2/c28-23(9-7-18-4-2-1-3-5-18)27-12-10-20(11-13-27)24(29)26-15-19-6-8-21-16-25-17-22(21)14-19/h1-6,8,14,20,25H,7,9-13,15-17H2,(H,26,29). The van der Waals surface area contributed by atoms with Gasteiger partial charge in [0.2, 0.25) is 11.8 Å². The minimum atomic E-state index is 0.00395. The first-order valence-electron chi connectivity index (χ1n) is 10.6. The van der Waals surface area contributed by atoms with Crippen LogP contribution in [0.3, 0.4) is 0 Å². The van der Waals surface area contributed by atoms with E-state index in [4.69, 9.17) is 0 Å². The summed E-state index contributed by atoms with van der Waals surface area (Å²) in [6.07, 6.45) is 2.80. The number of piperidine rings is 1. The van der Waals surface area contributed by atoms with E-state index in [0.29, 0.717) is 26.1 Å². The van der Waals surface area contributed by atoms with Crippen LogP contribution in [-0.4, -0.2) is 29.8 Å². The van der Waals surface area contributed by atoms with Crippen LogP contribution in [0.25, 0.3) is 0 Å². The van der Waals surface area contributed by atoms with Crippen LogP contribution in [0.2, 0.25) is 0 Å². The molecule has 152 valence electrons. The fraction of sp³-hybridized carbons (Fsp3) is 0.417. The number of aryl methyl sites for hydroxylation is 1. The summed E-state index contributed by atoms with van der Waals surface area (Å²) in [5.41, 5.74) is 5.02. The van der Waals surface area contributed by atoms with Crippen molar-refractivity contribution in [1.29, 1.82) is 0 Å². The van der Waals surface area contributed by atoms with Crippen LogP contribution in [0.15, 0.2) is 48.5 Å². The van der Waals surface area contributed by atoms with Crippen molar-refractivity contribution in [3.05, 3.63) is 70.8 Å². The van der Waals surface area contributed by atoms with Gasteiger partial charge >= 0.3 is 0 Å². The van der Waals surface area contributed by atoms with Crippen LogP contribution in [0.1, 0.15) is 41.5 Å². The molecule has 5 nitrogen and oxygen atoms in total. The van der Waals surface area contributed by atoms with E-state index in [0.717, 1.165) is 37.9 Å². The van der Waals surface area contributed by atoms with E-state index in [1.807, 2.05) is 23.1 Å². The van der Waals surface area contributed by atoms with Crippen LogP contribution in [0.5, 0.6) is 0 Å². The largest absolute Gasteiger partial charge is 0.352 e. The first kappa shape index (κ1) is 19.6. The summed E-state index contributed by atoms with van der Waals surface area (Å²) in [5, 5.41) is 6.43. The van der Waals surface area contributed by atoms with Crippen molar-refractivity contribution in [3.8, 4) is 0 Å². The van der Waals surface area contributed by atoms with Gasteiger partial charge in [0.05, 0.1) is 0 Å². The highest BCUT2D eigenvalue weighted by Crippen LogP contribution is 2.20. The molecule has 2 amide bonds. The number of hydrogen-bond donors (Lipinski definition) is 2. The highest BCUT2D eigenvalue weighted by atomic mass is 16.2. The Morgan fingerprint density at radius 2 is 1.72 bits per heavy atom. The van der Waals surface area contributed by atoms with Crippen molar-refractivity contribution >= 4 is 11.8 Å². The van der Waals surface area contributed by atoms with Crippen molar-refractivity contribution in [3.63, 3.8) is 0 Å². The summed E-state index contributed by atoms with van der Waals surface area (Å²) >= 11 is 0. The molecule has 2 aliphatic rings. The van der Waals surface area contributed by atoms with Crippen molar-refractivity contribution < 1.29 is 9.59 Å². The van der Waals surface area contributed by atoms with Gasteiger partial charge in [0.15, 0.2) is 0 Å². The van der Waals surface area contributed by atoms with E-state index < -0.39 is 0 Å². The van der Waals surface area contributed by atoms with Crippen molar-refractivity contribution in [2.24, 2.45) is 5.92 Å². The first-order chi connectivity index (χ1) is 14.2. The van der Waals surface area contributed by atoms with Gasteiger partial charge in [0.25, 0.3) is 0 Å². The summed E-state index contributed by atoms with van der Waals surface area (Å²) in [6.45, 7) is 3.77. The zero-order chi connectivity index (χ0) is 20.1. The Hall–Kier alpha value is -2.66. The second kappa shape index (κ2) is 9.23. The van der Waals surface area contributed by atoms with Crippen molar-refractivity contribution in [2.45, 2.75) is 45.3 Å². The highest BCUT2D eigenvalue weighted by Gasteiger charge is 2.27. The van der Waals surface area contributed by atoms with E-state index in [9.17, 15) is 9.59 Å². The zero-order valence-electron chi connectivity index (χ0n) is 16.8. The second-order valence-corrected chi connectivity index (χ2v) is 8.07. The third-order valence-corrected chi connectivity index (χ3v) is 6.06. The van der Waals surface area contributed by atoms with E-state index in [2.05, 4.69) is 41.0 Å². The summed E-state index contributed by atoms with van der Waals surface area (Å²) in [4.78, 5) is 27.0. The number of benzene rings is 2. The maximum Gasteiger partial charge on any atom is 0.223 e. The van der Waals surface area contributed by atoms with E-state index in [-0.39, 0.29) is 17.7 Å². The van der Waals surface area contributed by atoms with E-state index in [1.54, 1.807) is 0 Å². The average molecular weight is 392 g/mol. The molecule has 2 aliphatic heterocycles. The Kier molecular flexibility index (Phi) is 6.25. The predicted octanol–water partition coefficient (Wildman–Crippen LogP) is 2.78. The van der Waals surface area contributed by atoms with E-state index >= 15 is 0 Å². The maximum absolute atomic E-state index is 12.6. The van der Waals surface area contributed by atoms with Crippen LogP contribution in [-0.2, 0) is 35.6 Å². The minimum Gasteiger partial charge on any atom is -0.352 e. The van der Waals surface area contributed by atoms with Gasteiger partial charge in [-0.1, -0.05) is 48.5 Å². The third kappa shape index (κ3) is 5.04. The van der Waals surface area contributed by atoms with E-state index in [1.165, 1.54) is 16.7 Å². The molecule has 5 heteroatoms. The third-order valence-electron chi connectivity index (χ3n) is 6.06. The van der Waals surface area contributed by atoms with Crippen molar-refractivity contribution in [2.75, 3.05) is 13.1 Å². The predicted molar refractivity (Wildman–Crippen MR) is 113 cm³/mol. The molecule has 2 aromatic carbocycles. The number of rotatable bonds is 6. The zero-order valence-corrected chi connectivity index (χ0v) is 16.8. The molecular weight excluding hydrogens is 362 g/mol. The smallest absolute Gasteiger partial charge is 0.223 e. The van der Waals surface area contributed by atoms with Crippen LogP contribution < -0.4 is 10.6 Å². The summed E-state index contributed by atoms with van der Waals surface area (Å²) in [6, 6.07) is 16.5. The number of fused-ring (bicyclic) bond motifs is 1. The fourth-order valence-corrected chi connectivity index (χ4v) is 4.24. The van der Waals surface area contributed by atoms with Gasteiger partial charge in [-0.3, -0.25) is 9.59 Å². The summed E-state index contributed by atoms with van der Waals surface area (Å²) in [5.74, 6) is 0.309. The monoisotopic (exact) mass is 391 g/mol. The molecule has 0 bridgehead atoms. The lowest BCUT2D eigenvalue weighted by molar-refractivity contribution is -0.135. The van der Waals surface area contributed by atoms with Gasteiger partial charge in [-0.15, -0.1) is 0 Å². The molecule has 0 radical (unpaired) electrons. The second-order valence-electron chi connectivity index (χ2n) is 8.07. The number of carbonyl (C=O) groups is 2. The van der Waals surface area contributed by atoms with Gasteiger partial charge in [-0.25, -0.2) is 0 Å². The van der Waals surface area contributed by atoms with Crippen LogP contribution in [0, 0.1) is 5.92 Å². The Balaban J connectivity index is 1.19. The molecule has 1 fully saturated rings. The lowest BCUT2D eigenvalue weighted by Crippen LogP contribution is -2.43. The lowest BCUT2D eigenvalue weighted by atomic mass is 9.95. The molecule has 2 aromatic rings. The number of likely N-dealkylation sites (tertiary alicyclic amines) is 1. The van der Waals surface area contributed by atoms with Gasteiger partial charge in [-0.2, -0.15) is 0 Å². The maximum atomic E-state index is 12.6. The molecule has 2 heterocycles. The van der Waals surface area contributed by atoms with Gasteiger partial charge < -0.3 is 15.5 Å². The molecule has 0 saturated carbocycles. The molecule has 0 aromatic heterocycles. The highest BCUT2D eigenvalue weighted by molar-refractivity contribution is 5.80. The molecule has 0 unspecified atom stereocenters. The molecule has 0 atom stereocenters. The Labute approximate surface area is 172 Å². The molecule has 0 aliphatic carbocycles. The normalized spacial score (nSPS) is 16.5. The van der Waals surface area contributed by atoms with Gasteiger partial charge in [0, 0.05) is 45.1 Å². The molecular formula is C24H29N3O2. The minimum absolute atomic E-state index is 0.00395. The number of nitrogens with one attached hydrogen (secondary N) is 2. The van der Waals surface area contributed by atoms with Gasteiger partial charge in [0.1, 0.15) is 0 Å². The topological polar surface area (TPSA) is 61.4 Å². The number of hydrogen-bond acceptors (Lipinski definition) is 3. The molecule has 1 saturated heterocycles. The molecule has 29 heavy (non-hydrogen) atoms. The average Bonchev–Trinajstić information content (AvgIpc) is 3.24. The number of amides is 2. The van der Waals surface area contributed by atoms with Gasteiger partial charge in [-0.05, 0) is 41.5 Å². The molecule has 0 spiro atoms. The summed E-state index contributed by atoms with van der Waals surface area (Å²) < 4.78 is 0. The number of nitrogens with zero attached hydrogens (tertiary/aromatic N) is 1. The first-order valence-corrected chi connectivity index (χ1v) is 10.6. The molecule has 4 rings (SSSR count). The fourth-order valence-electron chi connectivity index (χ4n) is 4.24. The number of carbonyl (C=O) groups excluding carboxylic acids is 2. The Morgan fingerprint density at radius 3 is 2.52 bits per heavy atom. The Bertz CT molecular complexity index is 858. The van der Waals surface area contributed by atoms with Crippen LogP contribution >= 0.6 is 0 Å². The van der Waals surface area contributed by atoms with Crippen molar-refractivity contribution in [1.82, 2.24) is 15.5 Å². The lowest BCUT2D eigenvalue weighted by Gasteiger charge is -2.31. The SMILES string of the molecule is O=C(NCc1ccc2c(c1)CNC2)C1CCN(C(=O)CCc2ccccc2)CC1. The summed E-state index contributed by atoms with van der Waals surface area (Å²) in [7, 11) is 0. The quantitative estimate of drug-likeness (QED) is 0.796. The van der Waals surface area contributed by atoms with Crippen LogP contribution in [0.4, 0.5) is 0 Å². The Morgan fingerprint density at radius 1 is 0.966 bits per heavy atom.